The van der Waals surface area contributed by atoms with Crippen molar-refractivity contribution in [3.05, 3.63) is 45.5 Å². The second kappa shape index (κ2) is 3.11. The molecule has 0 aliphatic heterocycles. The van der Waals surface area contributed by atoms with E-state index in [4.69, 9.17) is 4.42 Å². The third kappa shape index (κ3) is 1.29. The molecule has 1 aliphatic carbocycles. The number of furan rings is 1. The molecule has 1 nitrogen and oxygen atoms in total. The van der Waals surface area contributed by atoms with Gasteiger partial charge in [0.25, 0.3) is 0 Å². The molecule has 2 heteroatoms. The Labute approximate surface area is 93.1 Å². The molecule has 1 aliphatic rings. The zero-order valence-electron chi connectivity index (χ0n) is 8.83. The van der Waals surface area contributed by atoms with Crippen molar-refractivity contribution < 1.29 is 4.42 Å². The fourth-order valence-corrected chi connectivity index (χ4v) is 3.08. The van der Waals surface area contributed by atoms with Crippen molar-refractivity contribution in [3.63, 3.8) is 0 Å². The minimum atomic E-state index is 0.987. The summed E-state index contributed by atoms with van der Waals surface area (Å²) in [4.78, 5) is 1.47. The van der Waals surface area contributed by atoms with E-state index in [0.717, 1.165) is 17.9 Å². The SMILES string of the molecule is CC1=C(c2ccc(C)o2)Cc2sccc21. The Bertz CT molecular complexity index is 542. The molecule has 0 spiro atoms. The van der Waals surface area contributed by atoms with Crippen LogP contribution in [0.3, 0.4) is 0 Å². The van der Waals surface area contributed by atoms with Gasteiger partial charge in [0.15, 0.2) is 0 Å². The Hall–Kier alpha value is -1.28. The summed E-state index contributed by atoms with van der Waals surface area (Å²) in [5.74, 6) is 2.02. The Balaban J connectivity index is 2.10. The van der Waals surface area contributed by atoms with E-state index >= 15 is 0 Å². The number of thiophene rings is 1. The summed E-state index contributed by atoms with van der Waals surface area (Å²) >= 11 is 1.84. The van der Waals surface area contributed by atoms with E-state index in [9.17, 15) is 0 Å². The smallest absolute Gasteiger partial charge is 0.130 e. The standard InChI is InChI=1S/C13H12OS/c1-8-3-4-12(14-8)11-7-13-10(9(11)2)5-6-15-13/h3-6H,7H2,1-2H3. The molecule has 0 atom stereocenters. The van der Waals surface area contributed by atoms with Crippen LogP contribution in [0.1, 0.15) is 28.9 Å². The largest absolute Gasteiger partial charge is 0.462 e. The highest BCUT2D eigenvalue weighted by Gasteiger charge is 2.22. The lowest BCUT2D eigenvalue weighted by Gasteiger charge is -1.99. The van der Waals surface area contributed by atoms with Gasteiger partial charge in [-0.2, -0.15) is 0 Å². The van der Waals surface area contributed by atoms with Gasteiger partial charge in [0.2, 0.25) is 0 Å². The number of fused-ring (bicyclic) bond motifs is 1. The van der Waals surface area contributed by atoms with Gasteiger partial charge in [0.1, 0.15) is 11.5 Å². The van der Waals surface area contributed by atoms with E-state index in [1.165, 1.54) is 21.6 Å². The van der Waals surface area contributed by atoms with Gasteiger partial charge in [-0.25, -0.2) is 0 Å². The molecule has 0 bridgehead atoms. The third-order valence-corrected chi connectivity index (χ3v) is 3.90. The highest BCUT2D eigenvalue weighted by Crippen LogP contribution is 2.40. The quantitative estimate of drug-likeness (QED) is 0.698. The van der Waals surface area contributed by atoms with Crippen molar-refractivity contribution in [2.24, 2.45) is 0 Å². The van der Waals surface area contributed by atoms with Crippen LogP contribution < -0.4 is 0 Å². The molecule has 0 fully saturated rings. The molecule has 3 rings (SSSR count). The summed E-state index contributed by atoms with van der Waals surface area (Å²) in [6.07, 6.45) is 1.03. The first-order chi connectivity index (χ1) is 7.25. The maximum atomic E-state index is 5.69. The van der Waals surface area contributed by atoms with Gasteiger partial charge in [0, 0.05) is 16.9 Å². The molecule has 0 N–H and O–H groups in total. The van der Waals surface area contributed by atoms with Crippen LogP contribution in [-0.4, -0.2) is 0 Å². The van der Waals surface area contributed by atoms with Gasteiger partial charge in [-0.3, -0.25) is 0 Å². The first kappa shape index (κ1) is 8.98. The number of rotatable bonds is 1. The van der Waals surface area contributed by atoms with Crippen LogP contribution in [0.15, 0.2) is 28.0 Å². The Morgan fingerprint density at radius 1 is 1.20 bits per heavy atom. The summed E-state index contributed by atoms with van der Waals surface area (Å²) < 4.78 is 5.69. The zero-order valence-corrected chi connectivity index (χ0v) is 9.65. The summed E-state index contributed by atoms with van der Waals surface area (Å²) in [5.41, 5.74) is 4.13. The molecule has 2 heterocycles. The summed E-state index contributed by atoms with van der Waals surface area (Å²) in [6.45, 7) is 4.18. The fraction of sp³-hybridized carbons (Fsp3) is 0.231. The van der Waals surface area contributed by atoms with Crippen LogP contribution >= 0.6 is 11.3 Å². The molecule has 0 radical (unpaired) electrons. The number of hydrogen-bond acceptors (Lipinski definition) is 2. The molecule has 0 saturated carbocycles. The molecule has 0 amide bonds. The van der Waals surface area contributed by atoms with Crippen molar-refractivity contribution in [1.29, 1.82) is 0 Å². The van der Waals surface area contributed by atoms with Gasteiger partial charge < -0.3 is 4.42 Å². The second-order valence-corrected chi connectivity index (χ2v) is 4.95. The topological polar surface area (TPSA) is 13.1 Å². The maximum absolute atomic E-state index is 5.69. The van der Waals surface area contributed by atoms with Gasteiger partial charge in [-0.15, -0.1) is 11.3 Å². The van der Waals surface area contributed by atoms with Crippen molar-refractivity contribution in [1.82, 2.24) is 0 Å². The summed E-state index contributed by atoms with van der Waals surface area (Å²) in [6, 6.07) is 6.31. The monoisotopic (exact) mass is 216 g/mol. The molecule has 0 unspecified atom stereocenters. The number of allylic oxidation sites excluding steroid dienone is 2. The summed E-state index contributed by atoms with van der Waals surface area (Å²) in [7, 11) is 0. The molecule has 15 heavy (non-hydrogen) atoms. The van der Waals surface area contributed by atoms with E-state index in [1.54, 1.807) is 0 Å². The Morgan fingerprint density at radius 2 is 2.07 bits per heavy atom. The minimum Gasteiger partial charge on any atom is -0.462 e. The summed E-state index contributed by atoms with van der Waals surface area (Å²) in [5, 5.41) is 2.17. The fourth-order valence-electron chi connectivity index (χ4n) is 2.14. The van der Waals surface area contributed by atoms with Gasteiger partial charge in [-0.1, -0.05) is 0 Å². The first-order valence-corrected chi connectivity index (χ1v) is 5.97. The maximum Gasteiger partial charge on any atom is 0.130 e. The van der Waals surface area contributed by atoms with E-state index in [-0.39, 0.29) is 0 Å². The molecule has 2 aromatic rings. The molecular formula is C13H12OS. The third-order valence-electron chi connectivity index (χ3n) is 2.98. The highest BCUT2D eigenvalue weighted by atomic mass is 32.1. The normalized spacial score (nSPS) is 14.8. The van der Waals surface area contributed by atoms with Crippen molar-refractivity contribution >= 4 is 22.5 Å². The van der Waals surface area contributed by atoms with Crippen LogP contribution in [0.2, 0.25) is 0 Å². The van der Waals surface area contributed by atoms with E-state index in [2.05, 4.69) is 24.4 Å². The predicted octanol–water partition coefficient (Wildman–Crippen LogP) is 4.14. The molecule has 0 aromatic carbocycles. The first-order valence-electron chi connectivity index (χ1n) is 5.09. The number of aryl methyl sites for hydroxylation is 1. The van der Waals surface area contributed by atoms with Crippen molar-refractivity contribution in [2.75, 3.05) is 0 Å². The molecule has 76 valence electrons. The minimum absolute atomic E-state index is 0.987. The number of hydrogen-bond donors (Lipinski definition) is 0. The molecular weight excluding hydrogens is 204 g/mol. The van der Waals surface area contributed by atoms with Crippen LogP contribution in [0, 0.1) is 6.92 Å². The van der Waals surface area contributed by atoms with Gasteiger partial charge in [-0.05, 0) is 48.6 Å². The second-order valence-electron chi connectivity index (χ2n) is 3.95. The van der Waals surface area contributed by atoms with E-state index in [0.29, 0.717) is 0 Å². The van der Waals surface area contributed by atoms with Gasteiger partial charge >= 0.3 is 0 Å². The van der Waals surface area contributed by atoms with Crippen molar-refractivity contribution in [2.45, 2.75) is 20.3 Å². The molecule has 2 aromatic heterocycles. The van der Waals surface area contributed by atoms with Crippen LogP contribution in [0.4, 0.5) is 0 Å². The van der Waals surface area contributed by atoms with E-state index < -0.39 is 0 Å². The Morgan fingerprint density at radius 3 is 2.73 bits per heavy atom. The molecule has 0 saturated heterocycles. The lowest BCUT2D eigenvalue weighted by molar-refractivity contribution is 0.520. The average molecular weight is 216 g/mol. The Kier molecular flexibility index (Phi) is 1.86. The van der Waals surface area contributed by atoms with Crippen LogP contribution in [0.5, 0.6) is 0 Å². The van der Waals surface area contributed by atoms with Gasteiger partial charge in [0.05, 0.1) is 0 Å². The zero-order chi connectivity index (χ0) is 10.4. The predicted molar refractivity (Wildman–Crippen MR) is 64.0 cm³/mol. The van der Waals surface area contributed by atoms with Crippen molar-refractivity contribution in [3.8, 4) is 0 Å². The lowest BCUT2D eigenvalue weighted by Crippen LogP contribution is -1.81. The average Bonchev–Trinajstić information content (AvgIpc) is 2.84. The van der Waals surface area contributed by atoms with E-state index in [1.807, 2.05) is 24.3 Å². The van der Waals surface area contributed by atoms with Crippen LogP contribution in [-0.2, 0) is 6.42 Å². The van der Waals surface area contributed by atoms with Crippen LogP contribution in [0.25, 0.3) is 11.1 Å². The highest BCUT2D eigenvalue weighted by molar-refractivity contribution is 7.10. The lowest BCUT2D eigenvalue weighted by atomic mass is 10.1.